The van der Waals surface area contributed by atoms with Crippen LogP contribution in [-0.2, 0) is 11.8 Å². The van der Waals surface area contributed by atoms with Crippen LogP contribution in [0.2, 0.25) is 0 Å². The van der Waals surface area contributed by atoms with Gasteiger partial charge < -0.3 is 14.8 Å². The minimum absolute atomic E-state index is 0.140. The minimum atomic E-state index is -0.341. The van der Waals surface area contributed by atoms with Crippen LogP contribution in [-0.4, -0.2) is 34.6 Å². The van der Waals surface area contributed by atoms with E-state index in [9.17, 15) is 9.59 Å². The Bertz CT molecular complexity index is 1080. The number of aromatic nitrogens is 2. The molecule has 7 nitrogen and oxygen atoms in total. The Kier molecular flexibility index (Phi) is 5.72. The largest absolute Gasteiger partial charge is 0.491 e. The van der Waals surface area contributed by atoms with Gasteiger partial charge in [0, 0.05) is 19.2 Å². The second-order valence-corrected chi connectivity index (χ2v) is 7.36. The number of hydrogen-bond acceptors (Lipinski definition) is 4. The van der Waals surface area contributed by atoms with Crippen LogP contribution in [0.15, 0.2) is 59.4 Å². The van der Waals surface area contributed by atoms with Gasteiger partial charge in [0.2, 0.25) is 0 Å². The van der Waals surface area contributed by atoms with E-state index in [1.807, 2.05) is 30.3 Å². The normalized spacial score (nSPS) is 15.9. The van der Waals surface area contributed by atoms with Gasteiger partial charge in [0.1, 0.15) is 18.0 Å². The standard InChI is InChI=1S/C23H25N3O4/c1-16-21(23(28)26(25(16)2)18-7-4-3-5-8-18)24-22(27)17-10-12-19(13-11-17)30-15-20-9-6-14-29-20/h3-5,7-8,10-13,20H,6,9,14-15H2,1-2H3,(H,24,27). The summed E-state index contributed by atoms with van der Waals surface area (Å²) >= 11 is 0. The summed E-state index contributed by atoms with van der Waals surface area (Å²) in [6, 6.07) is 16.2. The lowest BCUT2D eigenvalue weighted by molar-refractivity contribution is 0.0679. The molecule has 1 aromatic heterocycles. The Morgan fingerprint density at radius 2 is 1.90 bits per heavy atom. The summed E-state index contributed by atoms with van der Waals surface area (Å²) in [5, 5.41) is 2.77. The average molecular weight is 407 g/mol. The summed E-state index contributed by atoms with van der Waals surface area (Å²) in [4.78, 5) is 25.7. The number of rotatable bonds is 6. The number of nitrogens with zero attached hydrogens (tertiary/aromatic N) is 2. The lowest BCUT2D eigenvalue weighted by Crippen LogP contribution is -2.23. The van der Waals surface area contributed by atoms with E-state index in [0.29, 0.717) is 23.6 Å². The Labute approximate surface area is 174 Å². The molecule has 0 spiro atoms. The molecule has 0 aliphatic carbocycles. The molecule has 1 aliphatic heterocycles. The predicted octanol–water partition coefficient (Wildman–Crippen LogP) is 3.29. The van der Waals surface area contributed by atoms with Crippen molar-refractivity contribution in [2.45, 2.75) is 25.9 Å². The van der Waals surface area contributed by atoms with E-state index in [0.717, 1.165) is 25.1 Å². The first-order chi connectivity index (χ1) is 14.5. The molecule has 1 amide bonds. The highest BCUT2D eigenvalue weighted by Gasteiger charge is 2.19. The monoisotopic (exact) mass is 407 g/mol. The number of hydrogen-bond donors (Lipinski definition) is 1. The van der Waals surface area contributed by atoms with Crippen molar-refractivity contribution in [1.29, 1.82) is 0 Å². The molecule has 7 heteroatoms. The summed E-state index contributed by atoms with van der Waals surface area (Å²) in [5.74, 6) is 0.344. The number of ether oxygens (including phenoxy) is 2. The Hall–Kier alpha value is -3.32. The highest BCUT2D eigenvalue weighted by molar-refractivity contribution is 6.04. The third-order valence-corrected chi connectivity index (χ3v) is 5.37. The molecule has 4 rings (SSSR count). The van der Waals surface area contributed by atoms with Crippen LogP contribution in [0.1, 0.15) is 28.9 Å². The van der Waals surface area contributed by atoms with Crippen LogP contribution in [0.5, 0.6) is 5.75 Å². The zero-order valence-electron chi connectivity index (χ0n) is 17.1. The van der Waals surface area contributed by atoms with E-state index in [1.54, 1.807) is 42.9 Å². The van der Waals surface area contributed by atoms with Gasteiger partial charge in [-0.3, -0.25) is 14.3 Å². The Morgan fingerprint density at radius 1 is 1.17 bits per heavy atom. The zero-order valence-corrected chi connectivity index (χ0v) is 17.1. The quantitative estimate of drug-likeness (QED) is 0.680. The smallest absolute Gasteiger partial charge is 0.295 e. The topological polar surface area (TPSA) is 74.5 Å². The van der Waals surface area contributed by atoms with Gasteiger partial charge in [-0.1, -0.05) is 18.2 Å². The molecule has 2 heterocycles. The third kappa shape index (κ3) is 4.02. The van der Waals surface area contributed by atoms with E-state index in [2.05, 4.69) is 5.32 Å². The van der Waals surface area contributed by atoms with E-state index in [-0.39, 0.29) is 23.3 Å². The van der Waals surface area contributed by atoms with Crippen LogP contribution in [0.3, 0.4) is 0 Å². The molecule has 1 fully saturated rings. The molecule has 1 N–H and O–H groups in total. The average Bonchev–Trinajstić information content (AvgIpc) is 3.36. The summed E-state index contributed by atoms with van der Waals surface area (Å²) in [5.41, 5.74) is 1.86. The lowest BCUT2D eigenvalue weighted by atomic mass is 10.2. The molecule has 1 aliphatic rings. The molecular weight excluding hydrogens is 382 g/mol. The van der Waals surface area contributed by atoms with Crippen molar-refractivity contribution in [3.05, 3.63) is 76.2 Å². The fraction of sp³-hybridized carbons (Fsp3) is 0.304. The SMILES string of the molecule is Cc1c(NC(=O)c2ccc(OCC3CCCO3)cc2)c(=O)n(-c2ccccc2)n1C. The summed E-state index contributed by atoms with van der Waals surface area (Å²) in [7, 11) is 1.79. The van der Waals surface area contributed by atoms with Crippen molar-refractivity contribution < 1.29 is 14.3 Å². The van der Waals surface area contributed by atoms with Crippen LogP contribution in [0.25, 0.3) is 5.69 Å². The maximum Gasteiger partial charge on any atom is 0.295 e. The number of para-hydroxylation sites is 1. The van der Waals surface area contributed by atoms with Gasteiger partial charge in [0.15, 0.2) is 0 Å². The van der Waals surface area contributed by atoms with Crippen molar-refractivity contribution in [3.8, 4) is 11.4 Å². The number of carbonyl (C=O) groups is 1. The fourth-order valence-electron chi connectivity index (χ4n) is 3.57. The third-order valence-electron chi connectivity index (χ3n) is 5.37. The van der Waals surface area contributed by atoms with E-state index in [1.165, 1.54) is 4.68 Å². The molecule has 156 valence electrons. The first kappa shape index (κ1) is 20.0. The molecular formula is C23H25N3O4. The van der Waals surface area contributed by atoms with E-state index >= 15 is 0 Å². The molecule has 0 saturated carbocycles. The maximum absolute atomic E-state index is 12.9. The van der Waals surface area contributed by atoms with Crippen LogP contribution in [0, 0.1) is 6.92 Å². The molecule has 0 radical (unpaired) electrons. The Morgan fingerprint density at radius 3 is 2.57 bits per heavy atom. The Balaban J connectivity index is 1.48. The first-order valence-electron chi connectivity index (χ1n) is 10.0. The van der Waals surface area contributed by atoms with Gasteiger partial charge in [-0.15, -0.1) is 0 Å². The van der Waals surface area contributed by atoms with Gasteiger partial charge in [0.05, 0.1) is 17.5 Å². The van der Waals surface area contributed by atoms with Crippen LogP contribution in [0.4, 0.5) is 5.69 Å². The van der Waals surface area contributed by atoms with Gasteiger partial charge in [-0.25, -0.2) is 4.68 Å². The zero-order chi connectivity index (χ0) is 21.1. The maximum atomic E-state index is 12.9. The van der Waals surface area contributed by atoms with Gasteiger partial charge >= 0.3 is 0 Å². The number of carbonyl (C=O) groups excluding carboxylic acids is 1. The lowest BCUT2D eigenvalue weighted by Gasteiger charge is -2.11. The van der Waals surface area contributed by atoms with E-state index < -0.39 is 0 Å². The fourth-order valence-corrected chi connectivity index (χ4v) is 3.57. The van der Waals surface area contributed by atoms with Crippen molar-refractivity contribution in [2.75, 3.05) is 18.5 Å². The molecule has 1 unspecified atom stereocenters. The minimum Gasteiger partial charge on any atom is -0.491 e. The van der Waals surface area contributed by atoms with Crippen molar-refractivity contribution in [2.24, 2.45) is 7.05 Å². The number of anilines is 1. The van der Waals surface area contributed by atoms with Gasteiger partial charge in [-0.05, 0) is 56.2 Å². The van der Waals surface area contributed by atoms with Gasteiger partial charge in [-0.2, -0.15) is 0 Å². The second kappa shape index (κ2) is 8.59. The highest BCUT2D eigenvalue weighted by atomic mass is 16.5. The predicted molar refractivity (Wildman–Crippen MR) is 115 cm³/mol. The highest BCUT2D eigenvalue weighted by Crippen LogP contribution is 2.18. The number of amides is 1. The summed E-state index contributed by atoms with van der Waals surface area (Å²) in [6.07, 6.45) is 2.22. The second-order valence-electron chi connectivity index (χ2n) is 7.36. The number of benzene rings is 2. The molecule has 2 aromatic carbocycles. The number of nitrogens with one attached hydrogen (secondary N) is 1. The summed E-state index contributed by atoms with van der Waals surface area (Å²) < 4.78 is 14.5. The first-order valence-corrected chi connectivity index (χ1v) is 10.0. The van der Waals surface area contributed by atoms with E-state index in [4.69, 9.17) is 9.47 Å². The van der Waals surface area contributed by atoms with Crippen molar-refractivity contribution in [1.82, 2.24) is 9.36 Å². The van der Waals surface area contributed by atoms with Gasteiger partial charge in [0.25, 0.3) is 11.5 Å². The van der Waals surface area contributed by atoms with Crippen LogP contribution < -0.4 is 15.6 Å². The van der Waals surface area contributed by atoms with Crippen LogP contribution >= 0.6 is 0 Å². The molecule has 30 heavy (non-hydrogen) atoms. The summed E-state index contributed by atoms with van der Waals surface area (Å²) in [6.45, 7) is 3.10. The van der Waals surface area contributed by atoms with Crippen molar-refractivity contribution >= 4 is 11.6 Å². The van der Waals surface area contributed by atoms with Crippen molar-refractivity contribution in [3.63, 3.8) is 0 Å². The molecule has 0 bridgehead atoms. The molecule has 1 saturated heterocycles. The molecule has 3 aromatic rings. The molecule has 1 atom stereocenters.